The summed E-state index contributed by atoms with van der Waals surface area (Å²) < 4.78 is 2.09. The fraction of sp³-hybridized carbons (Fsp3) is 0.346. The third kappa shape index (κ3) is 4.17. The average molecular weight is 428 g/mol. The number of likely N-dealkylation sites (tertiary alicyclic amines) is 1. The van der Waals surface area contributed by atoms with Crippen molar-refractivity contribution in [3.63, 3.8) is 0 Å². The second-order valence-electron chi connectivity index (χ2n) is 9.07. The van der Waals surface area contributed by atoms with Gasteiger partial charge in [-0.1, -0.05) is 35.9 Å². The Bertz CT molecular complexity index is 1230. The Hall–Kier alpha value is -3.41. The van der Waals surface area contributed by atoms with Crippen molar-refractivity contribution < 1.29 is 4.79 Å². The Kier molecular flexibility index (Phi) is 5.52. The first-order valence-corrected chi connectivity index (χ1v) is 11.4. The predicted octanol–water partition coefficient (Wildman–Crippen LogP) is 4.60. The molecule has 2 atom stereocenters. The zero-order valence-electron chi connectivity index (χ0n) is 18.7. The van der Waals surface area contributed by atoms with E-state index in [-0.39, 0.29) is 11.9 Å². The maximum atomic E-state index is 12.9. The van der Waals surface area contributed by atoms with E-state index in [1.807, 2.05) is 18.6 Å². The summed E-state index contributed by atoms with van der Waals surface area (Å²) in [4.78, 5) is 15.0. The molecule has 6 heteroatoms. The van der Waals surface area contributed by atoms with Crippen LogP contribution in [0.15, 0.2) is 61.1 Å². The molecule has 0 aliphatic carbocycles. The van der Waals surface area contributed by atoms with Crippen LogP contribution >= 0.6 is 0 Å². The van der Waals surface area contributed by atoms with Gasteiger partial charge < -0.3 is 4.90 Å². The van der Waals surface area contributed by atoms with Crippen LogP contribution in [0.3, 0.4) is 0 Å². The van der Waals surface area contributed by atoms with Gasteiger partial charge in [-0.15, -0.1) is 0 Å². The Morgan fingerprint density at radius 2 is 2.06 bits per heavy atom. The van der Waals surface area contributed by atoms with Crippen LogP contribution in [0.5, 0.6) is 0 Å². The van der Waals surface area contributed by atoms with Gasteiger partial charge in [-0.3, -0.25) is 14.6 Å². The molecule has 0 spiro atoms. The quantitative estimate of drug-likeness (QED) is 0.489. The third-order valence-corrected chi connectivity index (χ3v) is 6.60. The van der Waals surface area contributed by atoms with Crippen LogP contribution in [0.1, 0.15) is 30.9 Å². The maximum absolute atomic E-state index is 12.9. The topological polar surface area (TPSA) is 66.8 Å². The van der Waals surface area contributed by atoms with Crippen molar-refractivity contribution in [3.05, 3.63) is 72.2 Å². The minimum absolute atomic E-state index is 0.261. The van der Waals surface area contributed by atoms with Crippen LogP contribution in [-0.2, 0) is 17.8 Å². The molecule has 1 amide bonds. The summed E-state index contributed by atoms with van der Waals surface area (Å²) in [6.07, 6.45) is 8.05. The van der Waals surface area contributed by atoms with E-state index >= 15 is 0 Å². The van der Waals surface area contributed by atoms with Crippen molar-refractivity contribution in [3.8, 4) is 11.1 Å². The summed E-state index contributed by atoms with van der Waals surface area (Å²) in [6, 6.07) is 15.1. The van der Waals surface area contributed by atoms with Crippen molar-refractivity contribution in [2.75, 3.05) is 6.54 Å². The zero-order chi connectivity index (χ0) is 22.1. The van der Waals surface area contributed by atoms with Gasteiger partial charge in [-0.2, -0.15) is 10.2 Å². The van der Waals surface area contributed by atoms with Crippen LogP contribution in [-0.4, -0.2) is 43.4 Å². The van der Waals surface area contributed by atoms with E-state index in [4.69, 9.17) is 0 Å². The molecule has 2 aromatic heterocycles. The number of fused-ring (bicyclic) bond motifs is 1. The highest BCUT2D eigenvalue weighted by Crippen LogP contribution is 2.28. The van der Waals surface area contributed by atoms with Crippen LogP contribution in [0.4, 0.5) is 0 Å². The summed E-state index contributed by atoms with van der Waals surface area (Å²) >= 11 is 0. The molecule has 1 unspecified atom stereocenters. The molecule has 6 nitrogen and oxygen atoms in total. The number of hydrogen-bond acceptors (Lipinski definition) is 3. The summed E-state index contributed by atoms with van der Waals surface area (Å²) in [5.41, 5.74) is 5.82. The fourth-order valence-electron chi connectivity index (χ4n) is 4.95. The standard InChI is InChI=1S/C26H29N5O/c1-18-4-3-5-20(10-18)6-9-26(32)30-16-21(11-19(30)2)17-31-25-8-7-22(12-23(25)15-29-31)24-13-27-28-14-24/h3-5,7-8,10,12-15,19,21H,6,9,11,16-17H2,1-2H3,(H,27,28)/t19-,21?/m0/s1. The van der Waals surface area contributed by atoms with E-state index in [1.165, 1.54) is 11.1 Å². The lowest BCUT2D eigenvalue weighted by Gasteiger charge is -2.21. The number of carbonyl (C=O) groups is 1. The van der Waals surface area contributed by atoms with Gasteiger partial charge in [-0.25, -0.2) is 0 Å². The zero-order valence-corrected chi connectivity index (χ0v) is 18.7. The fourth-order valence-corrected chi connectivity index (χ4v) is 4.95. The van der Waals surface area contributed by atoms with Crippen LogP contribution in [0, 0.1) is 12.8 Å². The Morgan fingerprint density at radius 3 is 2.88 bits per heavy atom. The van der Waals surface area contributed by atoms with Crippen molar-refractivity contribution in [1.29, 1.82) is 0 Å². The normalized spacial score (nSPS) is 18.5. The number of nitrogens with one attached hydrogen (secondary N) is 1. The molecular formula is C26H29N5O. The van der Waals surface area contributed by atoms with Gasteiger partial charge in [-0.05, 0) is 55.9 Å². The smallest absolute Gasteiger partial charge is 0.223 e. The highest BCUT2D eigenvalue weighted by Gasteiger charge is 2.32. The first-order chi connectivity index (χ1) is 15.6. The molecule has 0 saturated carbocycles. The SMILES string of the molecule is Cc1cccc(CCC(=O)N2CC(Cn3ncc4cc(-c5cn[nH]c5)ccc43)C[C@@H]2C)c1. The lowest BCUT2D eigenvalue weighted by molar-refractivity contribution is -0.131. The molecule has 0 radical (unpaired) electrons. The number of aromatic amines is 1. The van der Waals surface area contributed by atoms with Gasteiger partial charge >= 0.3 is 0 Å². The lowest BCUT2D eigenvalue weighted by atomic mass is 10.1. The van der Waals surface area contributed by atoms with Crippen molar-refractivity contribution >= 4 is 16.8 Å². The van der Waals surface area contributed by atoms with Crippen molar-refractivity contribution in [2.45, 2.75) is 45.7 Å². The maximum Gasteiger partial charge on any atom is 0.223 e. The molecule has 3 heterocycles. The van der Waals surface area contributed by atoms with Gasteiger partial charge in [0, 0.05) is 42.7 Å². The minimum atomic E-state index is 0.261. The Labute approximate surface area is 188 Å². The summed E-state index contributed by atoms with van der Waals surface area (Å²) in [7, 11) is 0. The van der Waals surface area contributed by atoms with Crippen LogP contribution < -0.4 is 0 Å². The van der Waals surface area contributed by atoms with Crippen molar-refractivity contribution in [2.24, 2.45) is 5.92 Å². The van der Waals surface area contributed by atoms with E-state index in [9.17, 15) is 4.79 Å². The minimum Gasteiger partial charge on any atom is -0.340 e. The molecule has 4 aromatic rings. The summed E-state index contributed by atoms with van der Waals surface area (Å²) in [6.45, 7) is 5.90. The Balaban J connectivity index is 1.23. The Morgan fingerprint density at radius 1 is 1.16 bits per heavy atom. The number of rotatable bonds is 6. The molecule has 5 rings (SSSR count). The van der Waals surface area contributed by atoms with Crippen LogP contribution in [0.25, 0.3) is 22.0 Å². The van der Waals surface area contributed by atoms with Gasteiger partial charge in [0.25, 0.3) is 0 Å². The van der Waals surface area contributed by atoms with E-state index in [0.29, 0.717) is 12.3 Å². The number of hydrogen-bond donors (Lipinski definition) is 1. The number of aryl methyl sites for hydroxylation is 2. The predicted molar refractivity (Wildman–Crippen MR) is 126 cm³/mol. The molecule has 1 aliphatic heterocycles. The van der Waals surface area contributed by atoms with E-state index in [0.717, 1.165) is 48.0 Å². The van der Waals surface area contributed by atoms with Crippen molar-refractivity contribution in [1.82, 2.24) is 24.9 Å². The highest BCUT2D eigenvalue weighted by molar-refractivity contribution is 5.84. The summed E-state index contributed by atoms with van der Waals surface area (Å²) in [5, 5.41) is 12.7. The molecule has 2 aromatic carbocycles. The number of aromatic nitrogens is 4. The molecule has 164 valence electrons. The third-order valence-electron chi connectivity index (χ3n) is 6.60. The lowest BCUT2D eigenvalue weighted by Crippen LogP contribution is -2.34. The number of benzene rings is 2. The molecule has 0 bridgehead atoms. The van der Waals surface area contributed by atoms with Gasteiger partial charge in [0.2, 0.25) is 5.91 Å². The first kappa shape index (κ1) is 20.5. The number of carbonyl (C=O) groups excluding carboxylic acids is 1. The highest BCUT2D eigenvalue weighted by atomic mass is 16.2. The van der Waals surface area contributed by atoms with E-state index in [1.54, 1.807) is 0 Å². The second-order valence-corrected chi connectivity index (χ2v) is 9.07. The summed E-state index contributed by atoms with van der Waals surface area (Å²) in [5.74, 6) is 0.682. The van der Waals surface area contributed by atoms with Gasteiger partial charge in [0.15, 0.2) is 0 Å². The van der Waals surface area contributed by atoms with E-state index in [2.05, 4.69) is 81.2 Å². The second kappa shape index (κ2) is 8.61. The number of amides is 1. The average Bonchev–Trinajstić information content (AvgIpc) is 3.53. The van der Waals surface area contributed by atoms with Crippen LogP contribution in [0.2, 0.25) is 0 Å². The molecular weight excluding hydrogens is 398 g/mol. The van der Waals surface area contributed by atoms with E-state index < -0.39 is 0 Å². The molecule has 1 saturated heterocycles. The van der Waals surface area contributed by atoms with Gasteiger partial charge in [0.1, 0.15) is 0 Å². The number of nitrogens with zero attached hydrogens (tertiary/aromatic N) is 4. The molecule has 1 N–H and O–H groups in total. The first-order valence-electron chi connectivity index (χ1n) is 11.4. The largest absolute Gasteiger partial charge is 0.340 e. The number of H-pyrrole nitrogens is 1. The molecule has 1 fully saturated rings. The molecule has 32 heavy (non-hydrogen) atoms. The van der Waals surface area contributed by atoms with Gasteiger partial charge in [0.05, 0.1) is 17.9 Å². The molecule has 1 aliphatic rings. The monoisotopic (exact) mass is 427 g/mol.